The third-order valence-electron chi connectivity index (χ3n) is 0.603. The van der Waals surface area contributed by atoms with Crippen molar-refractivity contribution in [3.8, 4) is 0 Å². The molecule has 58 valence electrons. The molecule has 0 saturated heterocycles. The van der Waals surface area contributed by atoms with Crippen LogP contribution in [0.4, 0.5) is 0 Å². The predicted molar refractivity (Wildman–Crippen MR) is 27.9 cm³/mol. The zero-order valence-electron chi connectivity index (χ0n) is 5.79. The van der Waals surface area contributed by atoms with E-state index in [9.17, 15) is 9.90 Å². The number of carbonyl (C=O) groups excluding carboxylic acids is 1. The van der Waals surface area contributed by atoms with Gasteiger partial charge in [0.15, 0.2) is 0 Å². The van der Waals surface area contributed by atoms with Crippen LogP contribution in [0.1, 0.15) is 0 Å². The maximum atomic E-state index is 9.89. The van der Waals surface area contributed by atoms with Crippen LogP contribution < -0.4 is 5.11 Å². The van der Waals surface area contributed by atoms with Crippen molar-refractivity contribution in [1.29, 1.82) is 0 Å². The van der Waals surface area contributed by atoms with Crippen LogP contribution in [0.3, 0.4) is 0 Å². The molecule has 9 heavy (non-hydrogen) atoms. The Balaban J connectivity index is 0. The van der Waals surface area contributed by atoms with Crippen molar-refractivity contribution in [3.63, 3.8) is 0 Å². The van der Waals surface area contributed by atoms with E-state index in [0.717, 1.165) is 0 Å². The van der Waals surface area contributed by atoms with E-state index >= 15 is 0 Å². The van der Waals surface area contributed by atoms with Crippen LogP contribution in [0.15, 0.2) is 0 Å². The van der Waals surface area contributed by atoms with Crippen molar-refractivity contribution < 1.29 is 30.9 Å². The second-order valence-corrected chi connectivity index (χ2v) is 2.82. The quantitative estimate of drug-likeness (QED) is 0.377. The number of hydrogen-bond acceptors (Lipinski definition) is 2. The van der Waals surface area contributed by atoms with Gasteiger partial charge in [-0.3, -0.25) is 0 Å². The molecule has 0 atom stereocenters. The fourth-order valence-corrected chi connectivity index (χ4v) is 0.387. The Morgan fingerprint density at radius 1 is 1.44 bits per heavy atom. The van der Waals surface area contributed by atoms with Gasteiger partial charge < -0.3 is 14.4 Å². The molecule has 3 nitrogen and oxygen atoms in total. The van der Waals surface area contributed by atoms with E-state index in [-0.39, 0.29) is 23.0 Å². The molecule has 0 heterocycles. The van der Waals surface area contributed by atoms with Gasteiger partial charge in [-0.1, -0.05) is 0 Å². The van der Waals surface area contributed by atoms with Gasteiger partial charge in [0, 0.05) is 16.5 Å². The van der Waals surface area contributed by atoms with Crippen molar-refractivity contribution in [2.24, 2.45) is 0 Å². The summed E-state index contributed by atoms with van der Waals surface area (Å²) in [6, 6.07) is 0. The van der Waals surface area contributed by atoms with Crippen molar-refractivity contribution >= 4 is 5.97 Å². The molecule has 0 radical (unpaired) electrons. The van der Waals surface area contributed by atoms with Gasteiger partial charge in [0.1, 0.15) is 6.54 Å². The van der Waals surface area contributed by atoms with Crippen LogP contribution in [-0.2, 0) is 21.3 Å². The molecule has 0 aromatic heterocycles. The number of carboxylic acid groups (broad SMARTS) is 1. The molecule has 0 rings (SSSR count). The molecule has 0 aliphatic rings. The number of hydrogen-bond donors (Lipinski definition) is 0. The predicted octanol–water partition coefficient (Wildman–Crippen LogP) is -1.56. The minimum absolute atomic E-state index is 0. The first kappa shape index (κ1) is 11.7. The first-order valence-corrected chi connectivity index (χ1v) is 2.42. The number of carbonyl (C=O) groups is 1. The number of aliphatic carboxylic acids is 1. The van der Waals surface area contributed by atoms with E-state index in [1.54, 1.807) is 21.1 Å². The van der Waals surface area contributed by atoms with Crippen molar-refractivity contribution in [3.05, 3.63) is 0 Å². The van der Waals surface area contributed by atoms with E-state index < -0.39 is 5.97 Å². The summed E-state index contributed by atoms with van der Waals surface area (Å²) >= 11 is 0. The van der Waals surface area contributed by atoms with Gasteiger partial charge in [-0.2, -0.15) is 0 Å². The maximum absolute atomic E-state index is 9.89. The van der Waals surface area contributed by atoms with Crippen LogP contribution in [0.5, 0.6) is 0 Å². The Morgan fingerprint density at radius 3 is 1.78 bits per heavy atom. The number of likely N-dealkylation sites (N-methyl/N-ethyl adjacent to an activating group) is 1. The van der Waals surface area contributed by atoms with Crippen LogP contribution in [0, 0.1) is 0 Å². The summed E-state index contributed by atoms with van der Waals surface area (Å²) < 4.78 is 0.419. The molecule has 0 unspecified atom stereocenters. The summed E-state index contributed by atoms with van der Waals surface area (Å²) in [7, 11) is 5.40. The van der Waals surface area contributed by atoms with Gasteiger partial charge in [-0.25, -0.2) is 0 Å². The SMILES string of the molecule is C[N+](C)(C)CC(=O)[O-].[Ni]. The monoisotopic (exact) mass is 175 g/mol. The summed E-state index contributed by atoms with van der Waals surface area (Å²) in [6.45, 7) is 0.0694. The summed E-state index contributed by atoms with van der Waals surface area (Å²) in [6.07, 6.45) is 0. The molecule has 0 amide bonds. The molecular formula is C5H11NNiO2. The van der Waals surface area contributed by atoms with Gasteiger partial charge in [0.2, 0.25) is 0 Å². The Morgan fingerprint density at radius 2 is 1.78 bits per heavy atom. The zero-order chi connectivity index (χ0) is 6.78. The molecule has 0 spiro atoms. The first-order chi connectivity index (χ1) is 3.42. The minimum atomic E-state index is -1.00. The van der Waals surface area contributed by atoms with Crippen molar-refractivity contribution in [1.82, 2.24) is 0 Å². The Bertz CT molecular complexity index is 97.6. The largest absolute Gasteiger partial charge is 0.544 e. The fourth-order valence-electron chi connectivity index (χ4n) is 0.387. The molecule has 0 aliphatic carbocycles. The van der Waals surface area contributed by atoms with E-state index in [0.29, 0.717) is 4.48 Å². The summed E-state index contributed by atoms with van der Waals surface area (Å²) in [5.41, 5.74) is 0. The third-order valence-corrected chi connectivity index (χ3v) is 0.603. The average molecular weight is 176 g/mol. The van der Waals surface area contributed by atoms with Gasteiger partial charge in [0.25, 0.3) is 0 Å². The van der Waals surface area contributed by atoms with Crippen molar-refractivity contribution in [2.75, 3.05) is 27.7 Å². The minimum Gasteiger partial charge on any atom is -0.544 e. The number of nitrogens with zero attached hydrogens (tertiary/aromatic N) is 1. The molecular weight excluding hydrogens is 165 g/mol. The van der Waals surface area contributed by atoms with E-state index in [1.807, 2.05) is 0 Å². The number of rotatable bonds is 2. The molecule has 0 fully saturated rings. The molecule has 0 aliphatic heterocycles. The topological polar surface area (TPSA) is 40.1 Å². The van der Waals surface area contributed by atoms with Gasteiger partial charge in [0.05, 0.1) is 27.1 Å². The summed E-state index contributed by atoms with van der Waals surface area (Å²) in [5.74, 6) is -1.00. The summed E-state index contributed by atoms with van der Waals surface area (Å²) in [5, 5.41) is 9.89. The molecule has 0 saturated carbocycles. The Hall–Kier alpha value is -0.0765. The van der Waals surface area contributed by atoms with Crippen molar-refractivity contribution in [2.45, 2.75) is 0 Å². The number of carboxylic acids is 1. The summed E-state index contributed by atoms with van der Waals surface area (Å²) in [4.78, 5) is 9.89. The van der Waals surface area contributed by atoms with Gasteiger partial charge >= 0.3 is 0 Å². The smallest absolute Gasteiger partial charge is 0.118 e. The van der Waals surface area contributed by atoms with Crippen LogP contribution >= 0.6 is 0 Å². The second-order valence-electron chi connectivity index (χ2n) is 2.82. The maximum Gasteiger partial charge on any atom is 0.118 e. The first-order valence-electron chi connectivity index (χ1n) is 2.42. The standard InChI is InChI=1S/C5H11NO2.Ni/c1-6(2,3)4-5(7)8;/h4H2,1-3H3;. The normalized spacial score (nSPS) is 10.1. The fraction of sp³-hybridized carbons (Fsp3) is 0.800. The third kappa shape index (κ3) is 11.5. The number of quaternary nitrogens is 1. The molecule has 0 aromatic carbocycles. The average Bonchev–Trinajstić information content (AvgIpc) is 1.21. The van der Waals surface area contributed by atoms with E-state index in [4.69, 9.17) is 0 Å². The molecule has 0 aromatic rings. The van der Waals surface area contributed by atoms with Gasteiger partial charge in [-0.05, 0) is 0 Å². The molecule has 0 bridgehead atoms. The second kappa shape index (κ2) is 3.86. The molecule has 0 N–H and O–H groups in total. The van der Waals surface area contributed by atoms with Gasteiger partial charge in [-0.15, -0.1) is 0 Å². The van der Waals surface area contributed by atoms with E-state index in [1.165, 1.54) is 0 Å². The zero-order valence-corrected chi connectivity index (χ0v) is 6.77. The van der Waals surface area contributed by atoms with Crippen LogP contribution in [0.25, 0.3) is 0 Å². The Kier molecular flexibility index (Phi) is 5.01. The molecule has 4 heteroatoms. The van der Waals surface area contributed by atoms with Crippen LogP contribution in [-0.4, -0.2) is 38.1 Å². The Labute approximate surface area is 65.2 Å². The van der Waals surface area contributed by atoms with E-state index in [2.05, 4.69) is 0 Å². The van der Waals surface area contributed by atoms with Crippen LogP contribution in [0.2, 0.25) is 0 Å².